The summed E-state index contributed by atoms with van der Waals surface area (Å²) in [6.07, 6.45) is 2.50. The zero-order valence-electron chi connectivity index (χ0n) is 8.70. The van der Waals surface area contributed by atoms with E-state index in [0.29, 0.717) is 13.0 Å². The highest BCUT2D eigenvalue weighted by molar-refractivity contribution is 14.2. The molecule has 0 bridgehead atoms. The lowest BCUT2D eigenvalue weighted by Gasteiger charge is -1.96. The van der Waals surface area contributed by atoms with Gasteiger partial charge in [-0.05, 0) is 40.2 Å². The minimum Gasteiger partial charge on any atom is -0.372 e. The van der Waals surface area contributed by atoms with Gasteiger partial charge in [-0.25, -0.2) is 4.45 Å². The Kier molecular flexibility index (Phi) is 4.16. The number of halogens is 1. The number of methoxy groups -OCH3 is 1. The molecule has 0 amide bonds. The molecule has 0 saturated heterocycles. The Balaban J connectivity index is 2.35. The summed E-state index contributed by atoms with van der Waals surface area (Å²) >= 11 is 2.32. The molecule has 16 heavy (non-hydrogen) atoms. The molecule has 82 valence electrons. The molecule has 5 heteroatoms. The van der Waals surface area contributed by atoms with Crippen LogP contribution in [-0.4, -0.2) is 23.3 Å². The van der Waals surface area contributed by atoms with Crippen molar-refractivity contribution >= 4 is 39.3 Å². The van der Waals surface area contributed by atoms with E-state index in [0.717, 1.165) is 16.5 Å². The van der Waals surface area contributed by atoms with E-state index in [1.807, 2.05) is 16.7 Å². The van der Waals surface area contributed by atoms with Gasteiger partial charge in [-0.1, -0.05) is 11.8 Å². The summed E-state index contributed by atoms with van der Waals surface area (Å²) in [5, 5.41) is 5.43. The Morgan fingerprint density at radius 3 is 3.19 bits per heavy atom. The second kappa shape index (κ2) is 5.62. The van der Waals surface area contributed by atoms with Gasteiger partial charge in [0.15, 0.2) is 0 Å². The minimum atomic E-state index is 0.465. The number of hydrogen-bond donors (Lipinski definition) is 0. The lowest BCUT2D eigenvalue weighted by molar-refractivity contribution is 0.240. The van der Waals surface area contributed by atoms with Gasteiger partial charge in [0.25, 0.3) is 0 Å². The molecule has 0 radical (unpaired) electrons. The lowest BCUT2D eigenvalue weighted by Crippen LogP contribution is -1.83. The second-order valence-corrected chi connectivity index (χ2v) is 5.19. The van der Waals surface area contributed by atoms with Gasteiger partial charge in [-0.3, -0.25) is 0 Å². The normalized spacial score (nSPS) is 10.9. The first-order valence-corrected chi connectivity index (χ1v) is 8.73. The van der Waals surface area contributed by atoms with Crippen LogP contribution < -0.4 is 0 Å². The number of fused-ring (bicyclic) bond motifs is 1. The van der Waals surface area contributed by atoms with Crippen LogP contribution in [0.1, 0.15) is 5.56 Å². The average molecular weight is 344 g/mol. The first-order valence-electron chi connectivity index (χ1n) is 4.67. The number of aromatic nitrogens is 2. The largest absolute Gasteiger partial charge is 0.372 e. The number of hydrogen-bond acceptors (Lipinski definition) is 2. The van der Waals surface area contributed by atoms with E-state index in [9.17, 15) is 0 Å². The molecule has 0 N–H and O–H groups in total. The van der Waals surface area contributed by atoms with Gasteiger partial charge >= 0.3 is 0 Å². The summed E-state index contributed by atoms with van der Waals surface area (Å²) in [4.78, 5) is 0. The topological polar surface area (TPSA) is 27.1 Å². The molecule has 1 aromatic carbocycles. The molecule has 0 aliphatic heterocycles. The summed E-state index contributed by atoms with van der Waals surface area (Å²) in [5.74, 6) is 5.99. The fraction of sp³-hybridized carbons (Fsp3) is 0.182. The van der Waals surface area contributed by atoms with E-state index in [1.54, 1.807) is 7.11 Å². The van der Waals surface area contributed by atoms with Gasteiger partial charge < -0.3 is 4.74 Å². The van der Waals surface area contributed by atoms with Gasteiger partial charge in [0, 0.05) is 18.1 Å². The second-order valence-electron chi connectivity index (χ2n) is 3.15. The number of nitrogens with zero attached hydrogens (tertiary/aromatic N) is 2. The highest BCUT2D eigenvalue weighted by Gasteiger charge is 2.01. The van der Waals surface area contributed by atoms with Crippen molar-refractivity contribution in [3.05, 3.63) is 30.0 Å². The molecule has 0 fully saturated rings. The van der Waals surface area contributed by atoms with Crippen LogP contribution in [0.2, 0.25) is 0 Å². The molecule has 1 aromatic heterocycles. The fourth-order valence-electron chi connectivity index (χ4n) is 1.39. The SMILES string of the molecule is COCC#Cc1ccc2c(cnn2PI)c1. The predicted octanol–water partition coefficient (Wildman–Crippen LogP) is 2.83. The minimum absolute atomic E-state index is 0.465. The molecule has 1 heterocycles. The zero-order chi connectivity index (χ0) is 11.4. The summed E-state index contributed by atoms with van der Waals surface area (Å²) in [5.41, 5.74) is 2.16. The smallest absolute Gasteiger partial charge is 0.107 e. The van der Waals surface area contributed by atoms with E-state index in [2.05, 4.69) is 51.1 Å². The van der Waals surface area contributed by atoms with Crippen LogP contribution in [0.25, 0.3) is 10.9 Å². The third-order valence-electron chi connectivity index (χ3n) is 2.10. The molecular formula is C11H10IN2OP. The molecule has 0 spiro atoms. The van der Waals surface area contributed by atoms with E-state index in [4.69, 9.17) is 4.74 Å². The Labute approximate surface area is 109 Å². The molecule has 0 aliphatic carbocycles. The first kappa shape index (κ1) is 11.8. The van der Waals surface area contributed by atoms with Crippen LogP contribution in [-0.2, 0) is 4.74 Å². The molecule has 0 aliphatic rings. The summed E-state index contributed by atoms with van der Waals surface area (Å²) in [6, 6.07) is 6.13. The number of rotatable bonds is 2. The standard InChI is InChI=1S/C11H10IN2OP/c1-15-6-2-3-9-4-5-11-10(7-9)8-13-14(11)16-12/h4-5,7-8,16H,6H2,1H3. The van der Waals surface area contributed by atoms with Gasteiger partial charge in [0.05, 0.1) is 18.1 Å². The molecule has 0 saturated carbocycles. The highest BCUT2D eigenvalue weighted by atomic mass is 127. The van der Waals surface area contributed by atoms with Gasteiger partial charge in [-0.15, -0.1) is 0 Å². The van der Waals surface area contributed by atoms with Crippen molar-refractivity contribution in [2.45, 2.75) is 0 Å². The Bertz CT molecular complexity index is 556. The lowest BCUT2D eigenvalue weighted by atomic mass is 10.2. The van der Waals surface area contributed by atoms with Crippen molar-refractivity contribution in [3.63, 3.8) is 0 Å². The zero-order valence-corrected chi connectivity index (χ0v) is 11.9. The van der Waals surface area contributed by atoms with E-state index >= 15 is 0 Å². The molecule has 2 aromatic rings. The van der Waals surface area contributed by atoms with Crippen molar-refractivity contribution in [3.8, 4) is 11.8 Å². The maximum absolute atomic E-state index is 4.88. The third-order valence-corrected chi connectivity index (χ3v) is 3.98. The maximum atomic E-state index is 4.88. The molecular weight excluding hydrogens is 334 g/mol. The van der Waals surface area contributed by atoms with Crippen LogP contribution in [0.4, 0.5) is 0 Å². The predicted molar refractivity (Wildman–Crippen MR) is 76.2 cm³/mol. The quantitative estimate of drug-likeness (QED) is 0.476. The summed E-state index contributed by atoms with van der Waals surface area (Å²) in [6.45, 7) is 0.465. The monoisotopic (exact) mass is 344 g/mol. The van der Waals surface area contributed by atoms with Gasteiger partial charge in [0.1, 0.15) is 6.61 Å². The van der Waals surface area contributed by atoms with Crippen molar-refractivity contribution in [1.29, 1.82) is 0 Å². The fourth-order valence-corrected chi connectivity index (χ4v) is 2.94. The molecule has 1 unspecified atom stereocenters. The average Bonchev–Trinajstić information content (AvgIpc) is 2.71. The van der Waals surface area contributed by atoms with E-state index in [-0.39, 0.29) is 0 Å². The number of benzene rings is 1. The third kappa shape index (κ3) is 2.54. The van der Waals surface area contributed by atoms with Crippen molar-refractivity contribution in [2.24, 2.45) is 0 Å². The highest BCUT2D eigenvalue weighted by Crippen LogP contribution is 2.28. The van der Waals surface area contributed by atoms with Gasteiger partial charge in [0.2, 0.25) is 0 Å². The van der Waals surface area contributed by atoms with Crippen LogP contribution in [0, 0.1) is 11.8 Å². The maximum Gasteiger partial charge on any atom is 0.107 e. The number of ether oxygens (including phenoxy) is 1. The first-order chi connectivity index (χ1) is 7.85. The Hall–Kier alpha value is -0.630. The van der Waals surface area contributed by atoms with E-state index < -0.39 is 0 Å². The van der Waals surface area contributed by atoms with Gasteiger partial charge in [-0.2, -0.15) is 5.10 Å². The van der Waals surface area contributed by atoms with E-state index in [1.165, 1.54) is 0 Å². The summed E-state index contributed by atoms with van der Waals surface area (Å²) in [7, 11) is 1.64. The molecule has 2 rings (SSSR count). The van der Waals surface area contributed by atoms with Crippen LogP contribution in [0.15, 0.2) is 24.4 Å². The molecule has 3 nitrogen and oxygen atoms in total. The van der Waals surface area contributed by atoms with Crippen molar-refractivity contribution in [1.82, 2.24) is 9.55 Å². The van der Waals surface area contributed by atoms with Crippen molar-refractivity contribution < 1.29 is 4.74 Å². The van der Waals surface area contributed by atoms with Crippen LogP contribution in [0.3, 0.4) is 0 Å². The Morgan fingerprint density at radius 2 is 2.44 bits per heavy atom. The molecule has 1 atom stereocenters. The van der Waals surface area contributed by atoms with Crippen LogP contribution in [0.5, 0.6) is 0 Å². The van der Waals surface area contributed by atoms with Crippen molar-refractivity contribution in [2.75, 3.05) is 13.7 Å². The Morgan fingerprint density at radius 1 is 1.56 bits per heavy atom. The van der Waals surface area contributed by atoms with Crippen LogP contribution >= 0.6 is 28.4 Å². The summed E-state index contributed by atoms with van der Waals surface area (Å²) < 4.78 is 6.87.